The quantitative estimate of drug-likeness (QED) is 0.536. The summed E-state index contributed by atoms with van der Waals surface area (Å²) in [7, 11) is 0. The van der Waals surface area contributed by atoms with Crippen molar-refractivity contribution in [2.75, 3.05) is 52.8 Å². The molecule has 0 bridgehead atoms. The largest absolute Gasteiger partial charge is 0.450 e. The first kappa shape index (κ1) is 17.2. The average Bonchev–Trinajstić information content (AvgIpc) is 2.36. The topological polar surface area (TPSA) is 66.0 Å². The predicted molar refractivity (Wildman–Crippen MR) is 67.8 cm³/mol. The Morgan fingerprint density at radius 1 is 0.889 bits per heavy atom. The maximum atomic E-state index is 10.9. The number of amides is 1. The van der Waals surface area contributed by atoms with Crippen LogP contribution in [0.15, 0.2) is 0 Å². The highest BCUT2D eigenvalue weighted by Gasteiger charge is 1.97. The molecule has 6 nitrogen and oxygen atoms in total. The van der Waals surface area contributed by atoms with Gasteiger partial charge in [0.25, 0.3) is 0 Å². The number of carbonyl (C=O) groups excluding carboxylic acids is 1. The van der Waals surface area contributed by atoms with E-state index in [4.69, 9.17) is 14.2 Å². The predicted octanol–water partition coefficient (Wildman–Crippen LogP) is 1.19. The molecular weight excluding hydrogens is 238 g/mol. The molecule has 0 saturated carbocycles. The van der Waals surface area contributed by atoms with E-state index < -0.39 is 6.09 Å². The second kappa shape index (κ2) is 14.2. The summed E-state index contributed by atoms with van der Waals surface area (Å²) in [4.78, 5) is 10.9. The average molecular weight is 263 g/mol. The summed E-state index contributed by atoms with van der Waals surface area (Å²) in [6.45, 7) is 8.14. The van der Waals surface area contributed by atoms with Gasteiger partial charge in [0.15, 0.2) is 0 Å². The van der Waals surface area contributed by atoms with Crippen LogP contribution >= 0.6 is 0 Å². The summed E-state index contributed by atoms with van der Waals surface area (Å²) in [6, 6.07) is 0. The van der Waals surface area contributed by atoms with E-state index in [1.165, 1.54) is 0 Å². The summed E-state index contributed by atoms with van der Waals surface area (Å²) in [5, 5.41) is 2.56. The Morgan fingerprint density at radius 2 is 1.44 bits per heavy atom. The number of hydrogen-bond donors (Lipinski definition) is 1. The molecule has 0 radical (unpaired) electrons. The highest BCUT2D eigenvalue weighted by molar-refractivity contribution is 5.66. The lowest BCUT2D eigenvalue weighted by molar-refractivity contribution is 0.0152. The second-order valence-corrected chi connectivity index (χ2v) is 3.48. The summed E-state index contributed by atoms with van der Waals surface area (Å²) in [5.41, 5.74) is 0. The van der Waals surface area contributed by atoms with Gasteiger partial charge in [0.05, 0.1) is 39.6 Å². The van der Waals surface area contributed by atoms with Crippen molar-refractivity contribution in [1.29, 1.82) is 0 Å². The molecule has 18 heavy (non-hydrogen) atoms. The van der Waals surface area contributed by atoms with E-state index >= 15 is 0 Å². The van der Waals surface area contributed by atoms with E-state index in [0.29, 0.717) is 46.2 Å². The van der Waals surface area contributed by atoms with Crippen molar-refractivity contribution >= 4 is 6.09 Å². The summed E-state index contributed by atoms with van der Waals surface area (Å²) < 4.78 is 20.5. The fourth-order valence-electron chi connectivity index (χ4n) is 1.09. The van der Waals surface area contributed by atoms with Crippen molar-refractivity contribution in [3.63, 3.8) is 0 Å². The molecule has 0 saturated heterocycles. The third-order valence-corrected chi connectivity index (χ3v) is 1.88. The molecule has 1 amide bonds. The number of rotatable bonds is 12. The van der Waals surface area contributed by atoms with E-state index in [0.717, 1.165) is 13.0 Å². The molecule has 0 rings (SSSR count). The Hall–Kier alpha value is -0.850. The zero-order valence-electron chi connectivity index (χ0n) is 11.4. The van der Waals surface area contributed by atoms with Gasteiger partial charge in [0.1, 0.15) is 0 Å². The maximum Gasteiger partial charge on any atom is 0.407 e. The van der Waals surface area contributed by atoms with Gasteiger partial charge in [-0.3, -0.25) is 0 Å². The number of nitrogens with one attached hydrogen (secondary N) is 1. The summed E-state index contributed by atoms with van der Waals surface area (Å²) in [5.74, 6) is 0. The minimum absolute atomic E-state index is 0.376. The van der Waals surface area contributed by atoms with Gasteiger partial charge in [0, 0.05) is 13.2 Å². The van der Waals surface area contributed by atoms with Gasteiger partial charge >= 0.3 is 6.09 Å². The zero-order valence-corrected chi connectivity index (χ0v) is 11.4. The van der Waals surface area contributed by atoms with Crippen LogP contribution in [-0.4, -0.2) is 58.9 Å². The number of hydrogen-bond acceptors (Lipinski definition) is 5. The molecule has 0 unspecified atom stereocenters. The Labute approximate surface area is 109 Å². The molecule has 6 heteroatoms. The standard InChI is InChI=1S/C12H25NO5/c1-3-6-15-8-10-17-11-9-16-7-5-13-12(14)18-4-2/h3-11H2,1-2H3,(H,13,14). The van der Waals surface area contributed by atoms with E-state index in [1.807, 2.05) is 0 Å². The highest BCUT2D eigenvalue weighted by atomic mass is 16.6. The van der Waals surface area contributed by atoms with Crippen LogP contribution < -0.4 is 5.32 Å². The van der Waals surface area contributed by atoms with Crippen LogP contribution in [0.4, 0.5) is 4.79 Å². The van der Waals surface area contributed by atoms with Crippen molar-refractivity contribution < 1.29 is 23.7 Å². The van der Waals surface area contributed by atoms with Crippen LogP contribution in [0.3, 0.4) is 0 Å². The van der Waals surface area contributed by atoms with E-state index in [9.17, 15) is 4.79 Å². The lowest BCUT2D eigenvalue weighted by atomic mass is 10.5. The zero-order chi connectivity index (χ0) is 13.5. The highest BCUT2D eigenvalue weighted by Crippen LogP contribution is 1.83. The molecule has 0 aromatic rings. The molecule has 1 N–H and O–H groups in total. The molecule has 0 aromatic heterocycles. The first-order valence-electron chi connectivity index (χ1n) is 6.45. The molecule has 0 aromatic carbocycles. The lowest BCUT2D eigenvalue weighted by Gasteiger charge is -2.07. The SMILES string of the molecule is CCCOCCOCCOCCNC(=O)OCC. The Bertz CT molecular complexity index is 189. The molecule has 0 fully saturated rings. The summed E-state index contributed by atoms with van der Waals surface area (Å²) >= 11 is 0. The molecule has 0 aliphatic carbocycles. The van der Waals surface area contributed by atoms with Gasteiger partial charge in [-0.25, -0.2) is 4.79 Å². The van der Waals surface area contributed by atoms with Crippen molar-refractivity contribution in [3.8, 4) is 0 Å². The van der Waals surface area contributed by atoms with E-state index in [-0.39, 0.29) is 0 Å². The molecule has 108 valence electrons. The molecule has 0 aliphatic rings. The Kier molecular flexibility index (Phi) is 13.5. The van der Waals surface area contributed by atoms with Crippen LogP contribution in [0.2, 0.25) is 0 Å². The number of carbonyl (C=O) groups is 1. The lowest BCUT2D eigenvalue weighted by Crippen LogP contribution is -2.28. The maximum absolute atomic E-state index is 10.9. The second-order valence-electron chi connectivity index (χ2n) is 3.48. The first-order chi connectivity index (χ1) is 8.81. The minimum atomic E-state index is -0.412. The van der Waals surface area contributed by atoms with Crippen LogP contribution in [0, 0.1) is 0 Å². The first-order valence-corrected chi connectivity index (χ1v) is 6.45. The van der Waals surface area contributed by atoms with Gasteiger partial charge < -0.3 is 24.3 Å². The fraction of sp³-hybridized carbons (Fsp3) is 0.917. The Morgan fingerprint density at radius 3 is 2.00 bits per heavy atom. The van der Waals surface area contributed by atoms with Crippen LogP contribution in [0.25, 0.3) is 0 Å². The van der Waals surface area contributed by atoms with Crippen molar-refractivity contribution in [2.24, 2.45) is 0 Å². The Balaban J connectivity index is 3.01. The van der Waals surface area contributed by atoms with Crippen LogP contribution in [0.5, 0.6) is 0 Å². The minimum Gasteiger partial charge on any atom is -0.450 e. The van der Waals surface area contributed by atoms with Gasteiger partial charge in [-0.1, -0.05) is 6.92 Å². The third kappa shape index (κ3) is 13.2. The molecule has 0 aliphatic heterocycles. The van der Waals surface area contributed by atoms with Crippen LogP contribution in [0.1, 0.15) is 20.3 Å². The third-order valence-electron chi connectivity index (χ3n) is 1.88. The van der Waals surface area contributed by atoms with Gasteiger partial charge in [-0.05, 0) is 13.3 Å². The molecule has 0 atom stereocenters. The normalized spacial score (nSPS) is 10.3. The van der Waals surface area contributed by atoms with Crippen molar-refractivity contribution in [1.82, 2.24) is 5.32 Å². The monoisotopic (exact) mass is 263 g/mol. The van der Waals surface area contributed by atoms with Crippen molar-refractivity contribution in [2.45, 2.75) is 20.3 Å². The number of alkyl carbamates (subject to hydrolysis) is 1. The van der Waals surface area contributed by atoms with Crippen LogP contribution in [-0.2, 0) is 18.9 Å². The molecule has 0 spiro atoms. The van der Waals surface area contributed by atoms with Gasteiger partial charge in [-0.15, -0.1) is 0 Å². The number of ether oxygens (including phenoxy) is 4. The van der Waals surface area contributed by atoms with E-state index in [2.05, 4.69) is 17.0 Å². The van der Waals surface area contributed by atoms with Gasteiger partial charge in [0.2, 0.25) is 0 Å². The fourth-order valence-corrected chi connectivity index (χ4v) is 1.09. The van der Waals surface area contributed by atoms with Crippen molar-refractivity contribution in [3.05, 3.63) is 0 Å². The van der Waals surface area contributed by atoms with E-state index in [1.54, 1.807) is 6.92 Å². The van der Waals surface area contributed by atoms with Gasteiger partial charge in [-0.2, -0.15) is 0 Å². The molecule has 0 heterocycles. The summed E-state index contributed by atoms with van der Waals surface area (Å²) in [6.07, 6.45) is 0.613. The smallest absolute Gasteiger partial charge is 0.407 e. The molecular formula is C12H25NO5.